The average Bonchev–Trinajstić information content (AvgIpc) is 2.83. The van der Waals surface area contributed by atoms with Crippen molar-refractivity contribution in [1.29, 1.82) is 0 Å². The van der Waals surface area contributed by atoms with E-state index in [1.54, 1.807) is 0 Å². The molecule has 6 heteroatoms. The van der Waals surface area contributed by atoms with Crippen LogP contribution >= 0.6 is 22.9 Å². The van der Waals surface area contributed by atoms with Crippen LogP contribution in [0.25, 0.3) is 10.7 Å². The molecule has 84 valence electrons. The van der Waals surface area contributed by atoms with Gasteiger partial charge in [-0.3, -0.25) is 0 Å². The lowest BCUT2D eigenvalue weighted by Gasteiger charge is -2.17. The third-order valence-electron chi connectivity index (χ3n) is 2.70. The summed E-state index contributed by atoms with van der Waals surface area (Å²) in [5.74, 6) is 1.75. The molecule has 2 aromatic rings. The first-order chi connectivity index (χ1) is 7.72. The Bertz CT molecular complexity index is 519. The molecule has 0 fully saturated rings. The lowest BCUT2D eigenvalue weighted by molar-refractivity contribution is 0.433. The lowest BCUT2D eigenvalue weighted by Crippen LogP contribution is -2.31. The SMILES string of the molecule is NC1CCn2nc(-c3ccc(Cl)s3)nc2C1. The van der Waals surface area contributed by atoms with Crippen LogP contribution in [0, 0.1) is 0 Å². The number of hydrogen-bond donors (Lipinski definition) is 1. The molecule has 3 rings (SSSR count). The van der Waals surface area contributed by atoms with E-state index in [1.807, 2.05) is 16.8 Å². The van der Waals surface area contributed by atoms with E-state index in [2.05, 4.69) is 10.1 Å². The Balaban J connectivity index is 1.98. The Morgan fingerprint density at radius 3 is 3.12 bits per heavy atom. The van der Waals surface area contributed by atoms with Crippen molar-refractivity contribution in [2.75, 3.05) is 0 Å². The molecule has 4 nitrogen and oxygen atoms in total. The van der Waals surface area contributed by atoms with Crippen LogP contribution in [-0.2, 0) is 13.0 Å². The van der Waals surface area contributed by atoms with Gasteiger partial charge in [-0.25, -0.2) is 9.67 Å². The zero-order valence-electron chi connectivity index (χ0n) is 8.56. The summed E-state index contributed by atoms with van der Waals surface area (Å²) in [6.07, 6.45) is 1.78. The third kappa shape index (κ3) is 1.75. The van der Waals surface area contributed by atoms with E-state index in [0.29, 0.717) is 0 Å². The molecule has 0 aliphatic carbocycles. The standard InChI is InChI=1S/C10H11ClN4S/c11-8-2-1-7(16-8)10-13-9-5-6(12)3-4-15(9)14-10/h1-2,6H,3-5,12H2. The quantitative estimate of drug-likeness (QED) is 0.846. The van der Waals surface area contributed by atoms with Crippen LogP contribution in [0.4, 0.5) is 0 Å². The molecule has 0 bridgehead atoms. The number of nitrogens with two attached hydrogens (primary N) is 1. The van der Waals surface area contributed by atoms with Crippen LogP contribution < -0.4 is 5.73 Å². The molecule has 3 heterocycles. The van der Waals surface area contributed by atoms with E-state index in [1.165, 1.54) is 11.3 Å². The monoisotopic (exact) mass is 254 g/mol. The Morgan fingerprint density at radius 2 is 2.38 bits per heavy atom. The van der Waals surface area contributed by atoms with Gasteiger partial charge >= 0.3 is 0 Å². The number of thiophene rings is 1. The largest absolute Gasteiger partial charge is 0.327 e. The number of hydrogen-bond acceptors (Lipinski definition) is 4. The van der Waals surface area contributed by atoms with Crippen molar-refractivity contribution in [3.8, 4) is 10.7 Å². The topological polar surface area (TPSA) is 56.7 Å². The van der Waals surface area contributed by atoms with Gasteiger partial charge in [-0.05, 0) is 18.6 Å². The van der Waals surface area contributed by atoms with Crippen molar-refractivity contribution in [2.24, 2.45) is 5.73 Å². The second kappa shape index (κ2) is 3.84. The highest BCUT2D eigenvalue weighted by Crippen LogP contribution is 2.29. The Hall–Kier alpha value is -0.910. The maximum absolute atomic E-state index is 5.90. The summed E-state index contributed by atoms with van der Waals surface area (Å²) in [5, 5.41) is 4.47. The maximum atomic E-state index is 5.90. The normalized spacial score (nSPS) is 19.8. The molecule has 1 unspecified atom stereocenters. The van der Waals surface area contributed by atoms with Crippen LogP contribution in [0.1, 0.15) is 12.2 Å². The predicted octanol–water partition coefficient (Wildman–Crippen LogP) is 1.93. The van der Waals surface area contributed by atoms with E-state index < -0.39 is 0 Å². The van der Waals surface area contributed by atoms with E-state index in [9.17, 15) is 0 Å². The molecule has 1 aliphatic heterocycles. The van der Waals surface area contributed by atoms with Crippen molar-refractivity contribution in [2.45, 2.75) is 25.4 Å². The molecule has 1 atom stereocenters. The molecule has 1 aliphatic rings. The molecule has 2 N–H and O–H groups in total. The number of fused-ring (bicyclic) bond motifs is 1. The van der Waals surface area contributed by atoms with Gasteiger partial charge in [0.2, 0.25) is 0 Å². The van der Waals surface area contributed by atoms with Gasteiger partial charge in [0, 0.05) is 19.0 Å². The molecule has 16 heavy (non-hydrogen) atoms. The van der Waals surface area contributed by atoms with Crippen LogP contribution in [-0.4, -0.2) is 20.8 Å². The van der Waals surface area contributed by atoms with Crippen LogP contribution in [0.3, 0.4) is 0 Å². The summed E-state index contributed by atoms with van der Waals surface area (Å²) in [6.45, 7) is 0.864. The summed E-state index contributed by atoms with van der Waals surface area (Å²) in [5.41, 5.74) is 5.90. The van der Waals surface area contributed by atoms with E-state index in [4.69, 9.17) is 17.3 Å². The van der Waals surface area contributed by atoms with Crippen LogP contribution in [0.5, 0.6) is 0 Å². The average molecular weight is 255 g/mol. The second-order valence-electron chi connectivity index (χ2n) is 3.93. The minimum absolute atomic E-state index is 0.219. The second-order valence-corrected chi connectivity index (χ2v) is 5.65. The van der Waals surface area contributed by atoms with E-state index in [-0.39, 0.29) is 6.04 Å². The molecule has 2 aromatic heterocycles. The fourth-order valence-electron chi connectivity index (χ4n) is 1.87. The smallest absolute Gasteiger partial charge is 0.191 e. The number of rotatable bonds is 1. The molecule has 0 saturated carbocycles. The minimum Gasteiger partial charge on any atom is -0.327 e. The molecule has 0 amide bonds. The Morgan fingerprint density at radius 1 is 1.50 bits per heavy atom. The summed E-state index contributed by atoms with van der Waals surface area (Å²) in [6, 6.07) is 4.04. The summed E-state index contributed by atoms with van der Waals surface area (Å²) >= 11 is 7.40. The number of halogens is 1. The number of aryl methyl sites for hydroxylation is 1. The van der Waals surface area contributed by atoms with Gasteiger partial charge in [-0.2, -0.15) is 0 Å². The van der Waals surface area contributed by atoms with E-state index in [0.717, 1.165) is 40.2 Å². The summed E-state index contributed by atoms with van der Waals surface area (Å²) < 4.78 is 2.71. The van der Waals surface area contributed by atoms with Gasteiger partial charge in [0.15, 0.2) is 5.82 Å². The van der Waals surface area contributed by atoms with Gasteiger partial charge in [0.1, 0.15) is 5.82 Å². The number of aromatic nitrogens is 3. The Labute approximate surface area is 102 Å². The first kappa shape index (κ1) is 10.3. The van der Waals surface area contributed by atoms with Crippen LogP contribution in [0.15, 0.2) is 12.1 Å². The summed E-state index contributed by atoms with van der Waals surface area (Å²) in [7, 11) is 0. The summed E-state index contributed by atoms with van der Waals surface area (Å²) in [4.78, 5) is 5.52. The predicted molar refractivity (Wildman–Crippen MR) is 64.6 cm³/mol. The van der Waals surface area contributed by atoms with Gasteiger partial charge < -0.3 is 5.73 Å². The van der Waals surface area contributed by atoms with Crippen molar-refractivity contribution in [1.82, 2.24) is 14.8 Å². The Kier molecular flexibility index (Phi) is 2.46. The molecular weight excluding hydrogens is 244 g/mol. The van der Waals surface area contributed by atoms with Gasteiger partial charge in [-0.1, -0.05) is 11.6 Å². The van der Waals surface area contributed by atoms with Gasteiger partial charge in [0.05, 0.1) is 9.21 Å². The molecule has 0 radical (unpaired) electrons. The highest BCUT2D eigenvalue weighted by molar-refractivity contribution is 7.19. The molecular formula is C10H11ClN4S. The fraction of sp³-hybridized carbons (Fsp3) is 0.400. The van der Waals surface area contributed by atoms with Gasteiger partial charge in [-0.15, -0.1) is 16.4 Å². The first-order valence-electron chi connectivity index (χ1n) is 5.17. The maximum Gasteiger partial charge on any atom is 0.191 e. The van der Waals surface area contributed by atoms with Crippen molar-refractivity contribution in [3.05, 3.63) is 22.3 Å². The first-order valence-corrected chi connectivity index (χ1v) is 6.37. The lowest BCUT2D eigenvalue weighted by atomic mass is 10.1. The van der Waals surface area contributed by atoms with Gasteiger partial charge in [0.25, 0.3) is 0 Å². The molecule has 0 aromatic carbocycles. The van der Waals surface area contributed by atoms with E-state index >= 15 is 0 Å². The van der Waals surface area contributed by atoms with Crippen LogP contribution in [0.2, 0.25) is 4.34 Å². The fourth-order valence-corrected chi connectivity index (χ4v) is 2.84. The number of nitrogens with zero attached hydrogens (tertiary/aromatic N) is 3. The minimum atomic E-state index is 0.219. The molecule has 0 spiro atoms. The molecule has 0 saturated heterocycles. The van der Waals surface area contributed by atoms with Crippen molar-refractivity contribution in [3.63, 3.8) is 0 Å². The third-order valence-corrected chi connectivity index (χ3v) is 3.93. The zero-order chi connectivity index (χ0) is 11.1. The highest BCUT2D eigenvalue weighted by atomic mass is 35.5. The van der Waals surface area contributed by atoms with Crippen molar-refractivity contribution >= 4 is 22.9 Å². The highest BCUT2D eigenvalue weighted by Gasteiger charge is 2.20. The zero-order valence-corrected chi connectivity index (χ0v) is 10.1. The van der Waals surface area contributed by atoms with Crippen molar-refractivity contribution < 1.29 is 0 Å².